The van der Waals surface area contributed by atoms with Gasteiger partial charge in [-0.2, -0.15) is 13.2 Å². The Morgan fingerprint density at radius 2 is 1.68 bits per heavy atom. The molecule has 0 radical (unpaired) electrons. The number of methoxy groups -OCH3 is 1. The number of hydrogen-bond acceptors (Lipinski definition) is 5. The van der Waals surface area contributed by atoms with Crippen LogP contribution in [0.15, 0.2) is 24.3 Å². The molecule has 1 heterocycles. The first kappa shape index (κ1) is 16.0. The highest BCUT2D eigenvalue weighted by atomic mass is 19.4. The maximum absolute atomic E-state index is 12.3. The van der Waals surface area contributed by atoms with Crippen LogP contribution in [-0.4, -0.2) is 42.2 Å². The summed E-state index contributed by atoms with van der Waals surface area (Å²) in [4.78, 5) is 40.0. The second-order valence-electron chi connectivity index (χ2n) is 4.40. The molecule has 1 aliphatic rings. The molecule has 1 aliphatic heterocycles. The normalized spacial score (nSPS) is 15.7. The number of halogens is 3. The van der Waals surface area contributed by atoms with Crippen molar-refractivity contribution in [2.24, 2.45) is 0 Å². The maximum atomic E-state index is 12.3. The molecule has 0 aliphatic carbocycles. The van der Waals surface area contributed by atoms with Crippen LogP contribution in [0.2, 0.25) is 0 Å². The number of hydrogen-bond donors (Lipinski definition) is 0. The van der Waals surface area contributed by atoms with E-state index in [4.69, 9.17) is 0 Å². The summed E-state index contributed by atoms with van der Waals surface area (Å²) in [5, 5.41) is 0.134. The molecule has 0 bridgehead atoms. The highest BCUT2D eigenvalue weighted by Crippen LogP contribution is 2.26. The van der Waals surface area contributed by atoms with Gasteiger partial charge in [0.25, 0.3) is 11.8 Å². The molecule has 0 aromatic heterocycles. The molecular weight excluding hydrogens is 307 g/mol. The summed E-state index contributed by atoms with van der Waals surface area (Å²) < 4.78 is 41.3. The number of rotatable bonds is 4. The predicted octanol–water partition coefficient (Wildman–Crippen LogP) is 1.71. The van der Waals surface area contributed by atoms with Crippen LogP contribution in [0, 0.1) is 0 Å². The van der Waals surface area contributed by atoms with Gasteiger partial charge in [-0.15, -0.1) is 0 Å². The van der Waals surface area contributed by atoms with Crippen LogP contribution in [-0.2, 0) is 14.4 Å². The summed E-state index contributed by atoms with van der Waals surface area (Å²) in [7, 11) is 0.889. The van der Waals surface area contributed by atoms with Crippen molar-refractivity contribution in [3.8, 4) is 0 Å². The van der Waals surface area contributed by atoms with Gasteiger partial charge in [-0.25, -0.2) is 4.79 Å². The number of ether oxygens (including phenoxy) is 1. The Balaban J connectivity index is 2.13. The lowest BCUT2D eigenvalue weighted by molar-refractivity contribution is -0.196. The molecule has 0 saturated heterocycles. The van der Waals surface area contributed by atoms with Crippen molar-refractivity contribution < 1.29 is 37.1 Å². The standard InChI is InChI=1S/C13H10F3NO5/c1-21-9(6-13(14,15)16)12(20)22-17-10(18)7-4-2-3-5-8(7)11(17)19/h2-5,9H,6H2,1H3. The summed E-state index contributed by atoms with van der Waals surface area (Å²) in [6, 6.07) is 5.67. The van der Waals surface area contributed by atoms with E-state index in [0.717, 1.165) is 7.11 Å². The summed E-state index contributed by atoms with van der Waals surface area (Å²) in [5.41, 5.74) is 0.00942. The number of imide groups is 1. The third-order valence-corrected chi connectivity index (χ3v) is 2.90. The Morgan fingerprint density at radius 3 is 2.09 bits per heavy atom. The third-order valence-electron chi connectivity index (χ3n) is 2.90. The van der Waals surface area contributed by atoms with Gasteiger partial charge in [0.15, 0.2) is 6.10 Å². The second kappa shape index (κ2) is 5.76. The van der Waals surface area contributed by atoms with E-state index < -0.39 is 36.5 Å². The summed E-state index contributed by atoms with van der Waals surface area (Å²) >= 11 is 0. The smallest absolute Gasteiger partial charge is 0.369 e. The van der Waals surface area contributed by atoms with Gasteiger partial charge in [0.1, 0.15) is 0 Å². The van der Waals surface area contributed by atoms with Gasteiger partial charge < -0.3 is 9.57 Å². The van der Waals surface area contributed by atoms with E-state index in [1.165, 1.54) is 24.3 Å². The van der Waals surface area contributed by atoms with Crippen LogP contribution in [0.1, 0.15) is 27.1 Å². The van der Waals surface area contributed by atoms with Gasteiger partial charge in [-0.1, -0.05) is 17.2 Å². The third kappa shape index (κ3) is 3.08. The number of carbonyl (C=O) groups excluding carboxylic acids is 3. The number of hydroxylamine groups is 2. The predicted molar refractivity (Wildman–Crippen MR) is 64.5 cm³/mol. The molecule has 0 spiro atoms. The minimum absolute atomic E-state index is 0.00471. The van der Waals surface area contributed by atoms with E-state index in [-0.39, 0.29) is 16.2 Å². The Labute approximate surface area is 122 Å². The topological polar surface area (TPSA) is 72.9 Å². The second-order valence-corrected chi connectivity index (χ2v) is 4.40. The first-order valence-corrected chi connectivity index (χ1v) is 6.04. The molecule has 9 heteroatoms. The van der Waals surface area contributed by atoms with Crippen molar-refractivity contribution in [2.45, 2.75) is 18.7 Å². The van der Waals surface area contributed by atoms with Crippen LogP contribution in [0.3, 0.4) is 0 Å². The van der Waals surface area contributed by atoms with Gasteiger partial charge in [-0.3, -0.25) is 9.59 Å². The lowest BCUT2D eigenvalue weighted by atomic mass is 10.1. The summed E-state index contributed by atoms with van der Waals surface area (Å²) in [6.45, 7) is 0. The molecule has 0 N–H and O–H groups in total. The molecule has 0 saturated carbocycles. The highest BCUT2D eigenvalue weighted by molar-refractivity contribution is 6.20. The van der Waals surface area contributed by atoms with Crippen LogP contribution in [0.4, 0.5) is 13.2 Å². The van der Waals surface area contributed by atoms with Crippen LogP contribution in [0.25, 0.3) is 0 Å². The zero-order chi connectivity index (χ0) is 16.5. The molecule has 1 unspecified atom stereocenters. The SMILES string of the molecule is COC(CC(F)(F)F)C(=O)ON1C(=O)c2ccccc2C1=O. The number of carbonyl (C=O) groups is 3. The molecule has 118 valence electrons. The van der Waals surface area contributed by atoms with Crippen molar-refractivity contribution in [3.05, 3.63) is 35.4 Å². The monoisotopic (exact) mass is 317 g/mol. The minimum Gasteiger partial charge on any atom is -0.369 e. The molecule has 1 atom stereocenters. The first-order chi connectivity index (χ1) is 10.2. The number of alkyl halides is 3. The van der Waals surface area contributed by atoms with Gasteiger partial charge in [0.05, 0.1) is 17.5 Å². The fourth-order valence-electron chi connectivity index (χ4n) is 1.87. The van der Waals surface area contributed by atoms with Crippen LogP contribution in [0.5, 0.6) is 0 Å². The van der Waals surface area contributed by atoms with Gasteiger partial charge in [0, 0.05) is 7.11 Å². The van der Waals surface area contributed by atoms with Gasteiger partial charge >= 0.3 is 12.1 Å². The van der Waals surface area contributed by atoms with E-state index >= 15 is 0 Å². The van der Waals surface area contributed by atoms with E-state index in [0.29, 0.717) is 0 Å². The molecule has 1 aromatic rings. The maximum Gasteiger partial charge on any atom is 0.392 e. The molecule has 6 nitrogen and oxygen atoms in total. The number of amides is 2. The van der Waals surface area contributed by atoms with E-state index in [2.05, 4.69) is 9.57 Å². The van der Waals surface area contributed by atoms with Crippen molar-refractivity contribution >= 4 is 17.8 Å². The van der Waals surface area contributed by atoms with Crippen LogP contribution >= 0.6 is 0 Å². The molecule has 0 fully saturated rings. The zero-order valence-corrected chi connectivity index (χ0v) is 11.2. The minimum atomic E-state index is -4.66. The average Bonchev–Trinajstić information content (AvgIpc) is 2.69. The quantitative estimate of drug-likeness (QED) is 0.791. The Morgan fingerprint density at radius 1 is 1.18 bits per heavy atom. The molecule has 2 amide bonds. The Bertz CT molecular complexity index is 593. The molecule has 2 rings (SSSR count). The van der Waals surface area contributed by atoms with Crippen molar-refractivity contribution in [1.29, 1.82) is 0 Å². The van der Waals surface area contributed by atoms with E-state index in [1.807, 2.05) is 0 Å². The first-order valence-electron chi connectivity index (χ1n) is 6.04. The zero-order valence-electron chi connectivity index (χ0n) is 11.2. The van der Waals surface area contributed by atoms with Gasteiger partial charge in [-0.05, 0) is 12.1 Å². The van der Waals surface area contributed by atoms with Crippen molar-refractivity contribution in [1.82, 2.24) is 5.06 Å². The van der Waals surface area contributed by atoms with Crippen molar-refractivity contribution in [3.63, 3.8) is 0 Å². The van der Waals surface area contributed by atoms with E-state index in [1.54, 1.807) is 0 Å². The fourth-order valence-corrected chi connectivity index (χ4v) is 1.87. The number of fused-ring (bicyclic) bond motifs is 1. The number of nitrogens with zero attached hydrogens (tertiary/aromatic N) is 1. The van der Waals surface area contributed by atoms with E-state index in [9.17, 15) is 27.6 Å². The molecule has 22 heavy (non-hydrogen) atoms. The number of benzene rings is 1. The average molecular weight is 317 g/mol. The fraction of sp³-hybridized carbons (Fsp3) is 0.308. The van der Waals surface area contributed by atoms with Crippen LogP contribution < -0.4 is 0 Å². The van der Waals surface area contributed by atoms with Crippen molar-refractivity contribution in [2.75, 3.05) is 7.11 Å². The Hall–Kier alpha value is -2.42. The summed E-state index contributed by atoms with van der Waals surface area (Å²) in [6.07, 6.45) is -8.22. The largest absolute Gasteiger partial charge is 0.392 e. The lowest BCUT2D eigenvalue weighted by Crippen LogP contribution is -2.39. The van der Waals surface area contributed by atoms with Gasteiger partial charge in [0.2, 0.25) is 0 Å². The molecule has 1 aromatic carbocycles. The molecular formula is C13H10F3NO5. The summed E-state index contributed by atoms with van der Waals surface area (Å²) in [5.74, 6) is -3.32. The lowest BCUT2D eigenvalue weighted by Gasteiger charge is -2.18. The highest BCUT2D eigenvalue weighted by Gasteiger charge is 2.42. The Kier molecular flexibility index (Phi) is 4.18.